The van der Waals surface area contributed by atoms with E-state index in [9.17, 15) is 14.0 Å². The maximum Gasteiger partial charge on any atom is 0.414 e. The Labute approximate surface area is 186 Å². The van der Waals surface area contributed by atoms with E-state index in [4.69, 9.17) is 20.1 Å². The third kappa shape index (κ3) is 6.92. The Kier molecular flexibility index (Phi) is 9.87. The first-order chi connectivity index (χ1) is 15.5. The van der Waals surface area contributed by atoms with Gasteiger partial charge in [0, 0.05) is 25.8 Å². The molecule has 0 radical (unpaired) electrons. The van der Waals surface area contributed by atoms with Gasteiger partial charge in [0.25, 0.3) is 0 Å². The molecule has 170 valence electrons. The number of rotatable bonds is 9. The molecule has 0 saturated carbocycles. The maximum atomic E-state index is 14.4. The summed E-state index contributed by atoms with van der Waals surface area (Å²) in [6.07, 6.45) is 10.6. The van der Waals surface area contributed by atoms with Gasteiger partial charge in [-0.05, 0) is 31.0 Å². The van der Waals surface area contributed by atoms with Crippen LogP contribution in [0.4, 0.5) is 20.6 Å². The highest BCUT2D eigenvalue weighted by atomic mass is 19.1. The molecular weight excluding hydrogens is 417 g/mol. The SMILES string of the molecule is COCC1CN(c2ccc(N(C=N)CCNC#N)c(F)c2)C(=O)O1.O=CC1=CCCC=C1. The van der Waals surface area contributed by atoms with Crippen LogP contribution in [0.25, 0.3) is 0 Å². The number of nitrogens with one attached hydrogen (secondary N) is 2. The van der Waals surface area contributed by atoms with Crippen molar-refractivity contribution < 1.29 is 23.5 Å². The third-order valence-electron chi connectivity index (χ3n) is 4.65. The van der Waals surface area contributed by atoms with Crippen LogP contribution in [0.15, 0.2) is 42.0 Å². The topological polar surface area (TPSA) is 119 Å². The van der Waals surface area contributed by atoms with E-state index in [1.807, 2.05) is 18.2 Å². The maximum absolute atomic E-state index is 14.4. The van der Waals surface area contributed by atoms with Crippen LogP contribution in [0.1, 0.15) is 12.8 Å². The quantitative estimate of drug-likeness (QED) is 0.150. The smallest absolute Gasteiger partial charge is 0.414 e. The largest absolute Gasteiger partial charge is 0.441 e. The fourth-order valence-corrected chi connectivity index (χ4v) is 3.11. The number of carbonyl (C=O) groups is 2. The predicted molar refractivity (Wildman–Crippen MR) is 118 cm³/mol. The molecule has 2 N–H and O–H groups in total. The Bertz CT molecular complexity index is 912. The molecule has 1 atom stereocenters. The zero-order valence-electron chi connectivity index (χ0n) is 17.8. The van der Waals surface area contributed by atoms with E-state index >= 15 is 0 Å². The zero-order valence-corrected chi connectivity index (χ0v) is 17.8. The van der Waals surface area contributed by atoms with E-state index in [0.29, 0.717) is 5.69 Å². The van der Waals surface area contributed by atoms with E-state index in [2.05, 4.69) is 5.32 Å². The molecule has 1 saturated heterocycles. The molecule has 32 heavy (non-hydrogen) atoms. The van der Waals surface area contributed by atoms with Crippen molar-refractivity contribution in [1.29, 1.82) is 10.7 Å². The molecular formula is C22H26FN5O4. The molecule has 1 heterocycles. The van der Waals surface area contributed by atoms with E-state index < -0.39 is 11.9 Å². The summed E-state index contributed by atoms with van der Waals surface area (Å²) < 4.78 is 24.5. The number of nitriles is 1. The van der Waals surface area contributed by atoms with E-state index in [-0.39, 0.29) is 38.0 Å². The van der Waals surface area contributed by atoms with Crippen molar-refractivity contribution in [1.82, 2.24) is 5.32 Å². The molecule has 1 unspecified atom stereocenters. The monoisotopic (exact) mass is 443 g/mol. The van der Waals surface area contributed by atoms with Crippen molar-refractivity contribution in [2.75, 3.05) is 43.2 Å². The summed E-state index contributed by atoms with van der Waals surface area (Å²) in [5.41, 5.74) is 1.38. The standard InChI is InChI=1S/C15H18FN5O3.C7H8O/c1-23-8-12-7-21(15(22)24-12)11-2-3-14(13(16)6-11)20(10-18)5-4-19-9-17;8-6-7-4-2-1-3-5-7/h2-3,6,10,12,18-19H,4-5,7-8H2,1H3;2,4-6H,1,3H2. The van der Waals surface area contributed by atoms with Gasteiger partial charge in [-0.3, -0.25) is 15.1 Å². The van der Waals surface area contributed by atoms with Gasteiger partial charge < -0.3 is 19.7 Å². The highest BCUT2D eigenvalue weighted by Gasteiger charge is 2.32. The first-order valence-corrected chi connectivity index (χ1v) is 10.0. The van der Waals surface area contributed by atoms with E-state index in [1.54, 1.807) is 12.3 Å². The van der Waals surface area contributed by atoms with Crippen LogP contribution in [0.2, 0.25) is 0 Å². The van der Waals surface area contributed by atoms with Gasteiger partial charge in [0.05, 0.1) is 30.9 Å². The van der Waals surface area contributed by atoms with Crippen molar-refractivity contribution in [2.45, 2.75) is 18.9 Å². The normalized spacial score (nSPS) is 16.8. The van der Waals surface area contributed by atoms with Crippen LogP contribution in [0.5, 0.6) is 0 Å². The molecule has 0 spiro atoms. The van der Waals surface area contributed by atoms with Crippen molar-refractivity contribution in [3.8, 4) is 6.19 Å². The number of nitrogens with zero attached hydrogens (tertiary/aromatic N) is 3. The number of ether oxygens (including phenoxy) is 2. The molecule has 3 rings (SSSR count). The second-order valence-electron chi connectivity index (χ2n) is 6.87. The molecule has 0 bridgehead atoms. The van der Waals surface area contributed by atoms with Crippen molar-refractivity contribution in [2.24, 2.45) is 0 Å². The number of cyclic esters (lactones) is 1. The lowest BCUT2D eigenvalue weighted by Crippen LogP contribution is -2.30. The lowest BCUT2D eigenvalue weighted by molar-refractivity contribution is -0.104. The average molecular weight is 443 g/mol. The highest BCUT2D eigenvalue weighted by Crippen LogP contribution is 2.27. The van der Waals surface area contributed by atoms with Gasteiger partial charge in [-0.2, -0.15) is 5.26 Å². The van der Waals surface area contributed by atoms with Crippen LogP contribution in [-0.4, -0.2) is 58.2 Å². The number of carbonyl (C=O) groups excluding carboxylic acids is 2. The van der Waals surface area contributed by atoms with Crippen molar-refractivity contribution in [3.05, 3.63) is 47.8 Å². The van der Waals surface area contributed by atoms with E-state index in [0.717, 1.165) is 31.0 Å². The molecule has 1 amide bonds. The minimum atomic E-state index is -0.573. The first kappa shape index (κ1) is 24.6. The van der Waals surface area contributed by atoms with Crippen LogP contribution >= 0.6 is 0 Å². The molecule has 1 fully saturated rings. The summed E-state index contributed by atoms with van der Waals surface area (Å²) >= 11 is 0. The number of halogens is 1. The van der Waals surface area contributed by atoms with Gasteiger partial charge >= 0.3 is 6.09 Å². The number of amides is 1. The van der Waals surface area contributed by atoms with Crippen LogP contribution in [0.3, 0.4) is 0 Å². The lowest BCUT2D eigenvalue weighted by atomic mass is 10.1. The van der Waals surface area contributed by atoms with Gasteiger partial charge in [0.15, 0.2) is 6.19 Å². The highest BCUT2D eigenvalue weighted by molar-refractivity contribution is 5.90. The van der Waals surface area contributed by atoms with E-state index in [1.165, 1.54) is 29.0 Å². The van der Waals surface area contributed by atoms with Gasteiger partial charge in [0.1, 0.15) is 18.2 Å². The van der Waals surface area contributed by atoms with Crippen LogP contribution in [0, 0.1) is 22.7 Å². The van der Waals surface area contributed by atoms with Gasteiger partial charge in [-0.25, -0.2) is 9.18 Å². The zero-order chi connectivity index (χ0) is 23.3. The average Bonchev–Trinajstić information content (AvgIpc) is 3.18. The summed E-state index contributed by atoms with van der Waals surface area (Å²) in [4.78, 5) is 24.6. The third-order valence-corrected chi connectivity index (χ3v) is 4.65. The molecule has 1 aromatic rings. The van der Waals surface area contributed by atoms with Crippen molar-refractivity contribution >= 4 is 30.1 Å². The summed E-state index contributed by atoms with van der Waals surface area (Å²) in [5.74, 6) is -0.573. The van der Waals surface area contributed by atoms with Gasteiger partial charge in [0.2, 0.25) is 0 Å². The number of allylic oxidation sites excluding steroid dienone is 4. The fraction of sp³-hybridized carbons (Fsp3) is 0.364. The Morgan fingerprint density at radius 1 is 1.47 bits per heavy atom. The second kappa shape index (κ2) is 12.9. The molecule has 1 aliphatic carbocycles. The minimum Gasteiger partial charge on any atom is -0.441 e. The molecule has 0 aromatic heterocycles. The summed E-state index contributed by atoms with van der Waals surface area (Å²) in [6.45, 7) is 1.10. The summed E-state index contributed by atoms with van der Waals surface area (Å²) in [7, 11) is 1.51. The first-order valence-electron chi connectivity index (χ1n) is 10.0. The van der Waals surface area contributed by atoms with Gasteiger partial charge in [-0.15, -0.1) is 0 Å². The molecule has 1 aromatic carbocycles. The lowest BCUT2D eigenvalue weighted by Gasteiger charge is -2.21. The Morgan fingerprint density at radius 2 is 2.28 bits per heavy atom. The minimum absolute atomic E-state index is 0.189. The molecule has 9 nitrogen and oxygen atoms in total. The second-order valence-corrected chi connectivity index (χ2v) is 6.87. The number of methoxy groups -OCH3 is 1. The predicted octanol–water partition coefficient (Wildman–Crippen LogP) is 2.74. The Morgan fingerprint density at radius 3 is 2.84 bits per heavy atom. The number of hydrogen-bond acceptors (Lipinski definition) is 7. The Hall–Kier alpha value is -3.71. The number of benzene rings is 1. The molecule has 2 aliphatic rings. The Balaban J connectivity index is 0.000000380. The van der Waals surface area contributed by atoms with Crippen LogP contribution < -0.4 is 15.1 Å². The number of hydrogen-bond donors (Lipinski definition) is 2. The summed E-state index contributed by atoms with van der Waals surface area (Å²) in [5, 5.41) is 18.3. The van der Waals surface area contributed by atoms with Gasteiger partial charge in [-0.1, -0.05) is 18.2 Å². The fourth-order valence-electron chi connectivity index (χ4n) is 3.11. The number of anilines is 2. The van der Waals surface area contributed by atoms with Crippen LogP contribution in [-0.2, 0) is 14.3 Å². The van der Waals surface area contributed by atoms with Crippen molar-refractivity contribution in [3.63, 3.8) is 0 Å². The molecule has 10 heteroatoms. The summed E-state index contributed by atoms with van der Waals surface area (Å²) in [6, 6.07) is 4.29. The number of aldehydes is 1. The molecule has 1 aliphatic heterocycles.